The SMILES string of the molecule is COc1ccc(NS(=O)(=O)c2cc(CN)oc2C)cc1Br. The van der Waals surface area contributed by atoms with Crippen molar-refractivity contribution < 1.29 is 17.6 Å². The second-order valence-corrected chi connectivity index (χ2v) is 6.80. The van der Waals surface area contributed by atoms with E-state index in [1.54, 1.807) is 25.1 Å². The van der Waals surface area contributed by atoms with Crippen LogP contribution in [0.25, 0.3) is 0 Å². The van der Waals surface area contributed by atoms with Crippen LogP contribution in [0.4, 0.5) is 5.69 Å². The number of methoxy groups -OCH3 is 1. The van der Waals surface area contributed by atoms with E-state index < -0.39 is 10.0 Å². The first-order chi connectivity index (χ1) is 9.87. The molecule has 114 valence electrons. The molecular weight excluding hydrogens is 360 g/mol. The summed E-state index contributed by atoms with van der Waals surface area (Å²) in [4.78, 5) is 0.0786. The van der Waals surface area contributed by atoms with Crippen molar-refractivity contribution in [2.24, 2.45) is 5.73 Å². The van der Waals surface area contributed by atoms with Gasteiger partial charge in [-0.3, -0.25) is 4.72 Å². The number of aryl methyl sites for hydroxylation is 1. The fraction of sp³-hybridized carbons (Fsp3) is 0.231. The molecule has 0 unspecified atom stereocenters. The molecule has 1 heterocycles. The van der Waals surface area contributed by atoms with Crippen LogP contribution in [0, 0.1) is 6.92 Å². The summed E-state index contributed by atoms with van der Waals surface area (Å²) in [5.74, 6) is 1.34. The molecule has 21 heavy (non-hydrogen) atoms. The van der Waals surface area contributed by atoms with Crippen molar-refractivity contribution in [2.45, 2.75) is 18.4 Å². The fourth-order valence-corrected chi connectivity index (χ4v) is 3.63. The molecule has 2 rings (SSSR count). The summed E-state index contributed by atoms with van der Waals surface area (Å²) in [7, 11) is -2.20. The van der Waals surface area contributed by atoms with E-state index in [4.69, 9.17) is 14.9 Å². The van der Waals surface area contributed by atoms with Gasteiger partial charge in [0, 0.05) is 6.07 Å². The largest absolute Gasteiger partial charge is 0.496 e. The van der Waals surface area contributed by atoms with Gasteiger partial charge in [0.2, 0.25) is 0 Å². The zero-order valence-electron chi connectivity index (χ0n) is 11.5. The highest BCUT2D eigenvalue weighted by Crippen LogP contribution is 2.29. The smallest absolute Gasteiger partial charge is 0.265 e. The molecule has 0 radical (unpaired) electrons. The predicted molar refractivity (Wildman–Crippen MR) is 82.8 cm³/mol. The molecule has 0 aliphatic carbocycles. The van der Waals surface area contributed by atoms with Crippen LogP contribution in [0.2, 0.25) is 0 Å². The van der Waals surface area contributed by atoms with Crippen molar-refractivity contribution >= 4 is 31.6 Å². The lowest BCUT2D eigenvalue weighted by Gasteiger charge is -2.09. The number of hydrogen-bond acceptors (Lipinski definition) is 5. The van der Waals surface area contributed by atoms with Gasteiger partial charge in [0.25, 0.3) is 10.0 Å². The van der Waals surface area contributed by atoms with Crippen LogP contribution in [-0.2, 0) is 16.6 Å². The lowest BCUT2D eigenvalue weighted by Crippen LogP contribution is -2.13. The van der Waals surface area contributed by atoms with Crippen molar-refractivity contribution in [2.75, 3.05) is 11.8 Å². The number of nitrogens with one attached hydrogen (secondary N) is 1. The zero-order chi connectivity index (χ0) is 15.6. The van der Waals surface area contributed by atoms with Crippen molar-refractivity contribution in [3.8, 4) is 5.75 Å². The topological polar surface area (TPSA) is 94.6 Å². The van der Waals surface area contributed by atoms with Crippen LogP contribution >= 0.6 is 15.9 Å². The average molecular weight is 375 g/mol. The first kappa shape index (κ1) is 15.9. The van der Waals surface area contributed by atoms with Gasteiger partial charge in [-0.1, -0.05) is 0 Å². The van der Waals surface area contributed by atoms with Gasteiger partial charge in [0.1, 0.15) is 22.2 Å². The maximum absolute atomic E-state index is 12.4. The number of hydrogen-bond donors (Lipinski definition) is 2. The molecule has 3 N–H and O–H groups in total. The molecule has 0 saturated heterocycles. The van der Waals surface area contributed by atoms with Crippen LogP contribution in [0.3, 0.4) is 0 Å². The van der Waals surface area contributed by atoms with Gasteiger partial charge in [-0.2, -0.15) is 0 Å². The minimum absolute atomic E-state index is 0.0786. The Hall–Kier alpha value is -1.51. The Bertz CT molecular complexity index is 756. The number of anilines is 1. The highest BCUT2D eigenvalue weighted by atomic mass is 79.9. The molecule has 6 nitrogen and oxygen atoms in total. The number of halogens is 1. The third-order valence-corrected chi connectivity index (χ3v) is 4.93. The third-order valence-electron chi connectivity index (χ3n) is 2.82. The van der Waals surface area contributed by atoms with Gasteiger partial charge in [0.15, 0.2) is 0 Å². The van der Waals surface area contributed by atoms with Crippen molar-refractivity contribution in [3.63, 3.8) is 0 Å². The maximum atomic E-state index is 12.4. The minimum Gasteiger partial charge on any atom is -0.496 e. The second kappa shape index (κ2) is 6.08. The van der Waals surface area contributed by atoms with E-state index in [-0.39, 0.29) is 11.4 Å². The summed E-state index contributed by atoms with van der Waals surface area (Å²) in [6, 6.07) is 6.32. The summed E-state index contributed by atoms with van der Waals surface area (Å²) < 4.78 is 38.2. The van der Waals surface area contributed by atoms with Gasteiger partial charge in [-0.15, -0.1) is 0 Å². The fourth-order valence-electron chi connectivity index (χ4n) is 1.83. The van der Waals surface area contributed by atoms with Gasteiger partial charge in [-0.05, 0) is 41.1 Å². The Morgan fingerprint density at radius 3 is 2.62 bits per heavy atom. The summed E-state index contributed by atoms with van der Waals surface area (Å²) in [5.41, 5.74) is 5.87. The normalized spacial score (nSPS) is 11.4. The number of furan rings is 1. The highest BCUT2D eigenvalue weighted by Gasteiger charge is 2.21. The van der Waals surface area contributed by atoms with Crippen LogP contribution in [0.5, 0.6) is 5.75 Å². The minimum atomic E-state index is -3.73. The van der Waals surface area contributed by atoms with E-state index in [0.29, 0.717) is 27.4 Å². The van der Waals surface area contributed by atoms with Crippen molar-refractivity contribution in [1.82, 2.24) is 0 Å². The van der Waals surface area contributed by atoms with E-state index in [1.807, 2.05) is 0 Å². The predicted octanol–water partition coefficient (Wildman–Crippen LogP) is 2.62. The molecule has 0 fully saturated rings. The van der Waals surface area contributed by atoms with E-state index >= 15 is 0 Å². The van der Waals surface area contributed by atoms with E-state index in [1.165, 1.54) is 13.2 Å². The van der Waals surface area contributed by atoms with E-state index in [9.17, 15) is 8.42 Å². The highest BCUT2D eigenvalue weighted by molar-refractivity contribution is 9.10. The Balaban J connectivity index is 2.32. The van der Waals surface area contributed by atoms with Gasteiger partial charge >= 0.3 is 0 Å². The van der Waals surface area contributed by atoms with E-state index in [0.717, 1.165) is 0 Å². The average Bonchev–Trinajstić information content (AvgIpc) is 2.81. The van der Waals surface area contributed by atoms with Crippen molar-refractivity contribution in [1.29, 1.82) is 0 Å². The molecule has 0 amide bonds. The van der Waals surface area contributed by atoms with Crippen molar-refractivity contribution in [3.05, 3.63) is 40.3 Å². The quantitative estimate of drug-likeness (QED) is 0.838. The van der Waals surface area contributed by atoms with Crippen LogP contribution in [0.15, 0.2) is 38.1 Å². The molecular formula is C13H15BrN2O4S. The molecule has 0 aliphatic heterocycles. The summed E-state index contributed by atoms with van der Waals surface area (Å²) >= 11 is 3.31. The lowest BCUT2D eigenvalue weighted by molar-refractivity contribution is 0.412. The Morgan fingerprint density at radius 2 is 2.10 bits per heavy atom. The molecule has 0 bridgehead atoms. The summed E-state index contributed by atoms with van der Waals surface area (Å²) in [6.07, 6.45) is 0. The molecule has 8 heteroatoms. The number of benzene rings is 1. The molecule has 1 aromatic carbocycles. The summed E-state index contributed by atoms with van der Waals surface area (Å²) in [6.45, 7) is 1.72. The van der Waals surface area contributed by atoms with Gasteiger partial charge < -0.3 is 14.9 Å². The van der Waals surface area contributed by atoms with E-state index in [2.05, 4.69) is 20.7 Å². The molecule has 2 aromatic rings. The molecule has 0 saturated carbocycles. The number of rotatable bonds is 5. The molecule has 0 aliphatic rings. The molecule has 0 atom stereocenters. The van der Waals surface area contributed by atoms with Gasteiger partial charge in [0.05, 0.1) is 23.8 Å². The first-order valence-corrected chi connectivity index (χ1v) is 8.30. The maximum Gasteiger partial charge on any atom is 0.265 e. The summed E-state index contributed by atoms with van der Waals surface area (Å²) in [5, 5.41) is 0. The van der Waals surface area contributed by atoms with Gasteiger partial charge in [-0.25, -0.2) is 8.42 Å². The Morgan fingerprint density at radius 1 is 1.38 bits per heavy atom. The lowest BCUT2D eigenvalue weighted by atomic mass is 10.3. The molecule has 0 spiro atoms. The van der Waals surface area contributed by atoms with Crippen LogP contribution < -0.4 is 15.2 Å². The number of ether oxygens (including phenoxy) is 1. The third kappa shape index (κ3) is 3.39. The Labute approximate surface area is 131 Å². The first-order valence-electron chi connectivity index (χ1n) is 6.03. The van der Waals surface area contributed by atoms with Crippen LogP contribution in [0.1, 0.15) is 11.5 Å². The second-order valence-electron chi connectivity index (χ2n) is 4.29. The number of sulfonamides is 1. The monoisotopic (exact) mass is 374 g/mol. The molecule has 1 aromatic heterocycles. The zero-order valence-corrected chi connectivity index (χ0v) is 13.9. The Kier molecular flexibility index (Phi) is 4.60. The standard InChI is InChI=1S/C13H15BrN2O4S/c1-8-13(6-10(7-15)20-8)21(17,18)16-9-3-4-12(19-2)11(14)5-9/h3-6,16H,7,15H2,1-2H3. The van der Waals surface area contributed by atoms with Crippen LogP contribution in [-0.4, -0.2) is 15.5 Å². The number of nitrogens with two attached hydrogens (primary N) is 1.